The van der Waals surface area contributed by atoms with Crippen molar-refractivity contribution >= 4 is 11.8 Å². The lowest BCUT2D eigenvalue weighted by Gasteiger charge is -2.22. The molecule has 1 aromatic heterocycles. The van der Waals surface area contributed by atoms with Gasteiger partial charge in [0.1, 0.15) is 0 Å². The van der Waals surface area contributed by atoms with Crippen LogP contribution in [-0.4, -0.2) is 35.7 Å². The summed E-state index contributed by atoms with van der Waals surface area (Å²) in [5.41, 5.74) is 3.49. The van der Waals surface area contributed by atoms with E-state index in [4.69, 9.17) is 0 Å². The van der Waals surface area contributed by atoms with Crippen LogP contribution in [0.15, 0.2) is 29.4 Å². The number of hydrogen-bond donors (Lipinski definition) is 0. The zero-order chi connectivity index (χ0) is 12.3. The van der Waals surface area contributed by atoms with Gasteiger partial charge in [-0.2, -0.15) is 0 Å². The van der Waals surface area contributed by atoms with Crippen molar-refractivity contribution in [3.8, 4) is 0 Å². The average molecular weight is 229 g/mol. The van der Waals surface area contributed by atoms with E-state index in [1.165, 1.54) is 5.56 Å². The first kappa shape index (κ1) is 12.0. The van der Waals surface area contributed by atoms with Gasteiger partial charge in [0.05, 0.1) is 12.2 Å². The van der Waals surface area contributed by atoms with Crippen molar-refractivity contribution in [3.05, 3.63) is 35.7 Å². The van der Waals surface area contributed by atoms with Crippen LogP contribution in [0.3, 0.4) is 0 Å². The van der Waals surface area contributed by atoms with Gasteiger partial charge in [0.15, 0.2) is 0 Å². The monoisotopic (exact) mass is 229 g/mol. The zero-order valence-corrected chi connectivity index (χ0v) is 10.7. The van der Waals surface area contributed by atoms with E-state index in [0.29, 0.717) is 6.04 Å². The van der Waals surface area contributed by atoms with Gasteiger partial charge in [0.2, 0.25) is 0 Å². The van der Waals surface area contributed by atoms with E-state index in [0.717, 1.165) is 24.4 Å². The maximum Gasteiger partial charge on any atom is 0.0759 e. The van der Waals surface area contributed by atoms with E-state index < -0.39 is 0 Å². The zero-order valence-electron chi connectivity index (χ0n) is 10.7. The predicted molar refractivity (Wildman–Crippen MR) is 72.2 cm³/mol. The first-order valence-electron chi connectivity index (χ1n) is 6.03. The van der Waals surface area contributed by atoms with Crippen LogP contribution >= 0.6 is 0 Å². The van der Waals surface area contributed by atoms with Crippen LogP contribution in [0.25, 0.3) is 5.57 Å². The highest BCUT2D eigenvalue weighted by atomic mass is 15.1. The number of aromatic nitrogens is 1. The van der Waals surface area contributed by atoms with E-state index in [-0.39, 0.29) is 0 Å². The topological polar surface area (TPSA) is 28.5 Å². The second kappa shape index (κ2) is 5.23. The molecular formula is C14H19N3. The molecule has 0 saturated carbocycles. The first-order valence-corrected chi connectivity index (χ1v) is 6.03. The Bertz CT molecular complexity index is 447. The molecule has 0 radical (unpaired) electrons. The minimum atomic E-state index is 0.536. The predicted octanol–water partition coefficient (Wildman–Crippen LogP) is 2.39. The Morgan fingerprint density at radius 1 is 1.41 bits per heavy atom. The van der Waals surface area contributed by atoms with E-state index in [1.54, 1.807) is 0 Å². The third-order valence-electron chi connectivity index (χ3n) is 3.11. The summed E-state index contributed by atoms with van der Waals surface area (Å²) in [6.45, 7) is 6.11. The van der Waals surface area contributed by atoms with Crippen molar-refractivity contribution in [2.24, 2.45) is 4.99 Å². The number of rotatable bonds is 4. The summed E-state index contributed by atoms with van der Waals surface area (Å²) in [6.07, 6.45) is 5.89. The molecular weight excluding hydrogens is 210 g/mol. The molecule has 0 N–H and O–H groups in total. The highest BCUT2D eigenvalue weighted by Crippen LogP contribution is 2.19. The highest BCUT2D eigenvalue weighted by Gasteiger charge is 2.12. The molecule has 0 spiro atoms. The second-order valence-electron chi connectivity index (χ2n) is 4.67. The van der Waals surface area contributed by atoms with Gasteiger partial charge in [-0.3, -0.25) is 14.9 Å². The quantitative estimate of drug-likeness (QED) is 0.793. The molecule has 0 atom stereocenters. The third-order valence-corrected chi connectivity index (χ3v) is 3.11. The van der Waals surface area contributed by atoms with Gasteiger partial charge in [-0.15, -0.1) is 0 Å². The number of aliphatic imine (C=N–C) groups is 1. The number of allylic oxidation sites excluding steroid dienone is 1. The normalized spacial score (nSPS) is 14.8. The van der Waals surface area contributed by atoms with E-state index >= 15 is 0 Å². The molecule has 0 saturated heterocycles. The largest absolute Gasteiger partial charge is 0.300 e. The summed E-state index contributed by atoms with van der Waals surface area (Å²) in [5.74, 6) is 0. The lowest BCUT2D eigenvalue weighted by Crippen LogP contribution is -2.26. The number of pyridine rings is 1. The molecule has 90 valence electrons. The van der Waals surface area contributed by atoms with Crippen molar-refractivity contribution < 1.29 is 0 Å². The van der Waals surface area contributed by atoms with Crippen molar-refractivity contribution in [1.82, 2.24) is 9.88 Å². The van der Waals surface area contributed by atoms with Crippen molar-refractivity contribution in [1.29, 1.82) is 0 Å². The molecule has 0 unspecified atom stereocenters. The molecule has 0 bridgehead atoms. The van der Waals surface area contributed by atoms with E-state index in [2.05, 4.69) is 47.9 Å². The molecule has 0 aliphatic carbocycles. The van der Waals surface area contributed by atoms with Gasteiger partial charge in [-0.05, 0) is 32.5 Å². The lowest BCUT2D eigenvalue weighted by atomic mass is 10.1. The van der Waals surface area contributed by atoms with Crippen molar-refractivity contribution in [2.45, 2.75) is 26.4 Å². The summed E-state index contributed by atoms with van der Waals surface area (Å²) in [5, 5.41) is 0. The van der Waals surface area contributed by atoms with Crippen molar-refractivity contribution in [2.75, 3.05) is 13.6 Å². The molecule has 17 heavy (non-hydrogen) atoms. The lowest BCUT2D eigenvalue weighted by molar-refractivity contribution is 0.265. The second-order valence-corrected chi connectivity index (χ2v) is 4.67. The minimum Gasteiger partial charge on any atom is -0.300 e. The third kappa shape index (κ3) is 2.80. The molecule has 3 nitrogen and oxygen atoms in total. The molecule has 0 aromatic carbocycles. The number of nitrogens with zero attached hydrogens (tertiary/aromatic N) is 3. The summed E-state index contributed by atoms with van der Waals surface area (Å²) in [7, 11) is 2.14. The molecule has 2 rings (SSSR count). The maximum absolute atomic E-state index is 4.49. The van der Waals surface area contributed by atoms with Gasteiger partial charge in [-0.1, -0.05) is 12.1 Å². The molecule has 0 fully saturated rings. The van der Waals surface area contributed by atoms with Crippen LogP contribution in [0.5, 0.6) is 0 Å². The highest BCUT2D eigenvalue weighted by molar-refractivity contribution is 6.11. The summed E-state index contributed by atoms with van der Waals surface area (Å²) in [4.78, 5) is 11.0. The Balaban J connectivity index is 2.25. The molecule has 1 aromatic rings. The smallest absolute Gasteiger partial charge is 0.0759 e. The van der Waals surface area contributed by atoms with Gasteiger partial charge in [0.25, 0.3) is 0 Å². The fourth-order valence-corrected chi connectivity index (χ4v) is 1.79. The van der Waals surface area contributed by atoms with Crippen LogP contribution in [0.1, 0.15) is 25.1 Å². The SMILES string of the molecule is CC(C)N(C)Cc1cccnc1C1=CCN=C1. The molecule has 0 amide bonds. The van der Waals surface area contributed by atoms with Crippen LogP contribution in [0.2, 0.25) is 0 Å². The van der Waals surface area contributed by atoms with Gasteiger partial charge in [0, 0.05) is 30.6 Å². The molecule has 2 heterocycles. The van der Waals surface area contributed by atoms with Gasteiger partial charge in [-0.25, -0.2) is 0 Å². The van der Waals surface area contributed by atoms with E-state index in [9.17, 15) is 0 Å². The minimum absolute atomic E-state index is 0.536. The fraction of sp³-hybridized carbons (Fsp3) is 0.429. The molecule has 3 heteroatoms. The Hall–Kier alpha value is -1.48. The Kier molecular flexibility index (Phi) is 3.69. The maximum atomic E-state index is 4.49. The Morgan fingerprint density at radius 2 is 2.24 bits per heavy atom. The summed E-state index contributed by atoms with van der Waals surface area (Å²) >= 11 is 0. The average Bonchev–Trinajstić information content (AvgIpc) is 2.83. The first-order chi connectivity index (χ1) is 8.18. The number of hydrogen-bond acceptors (Lipinski definition) is 3. The standard InChI is InChI=1S/C14H19N3/c1-11(2)17(3)10-13-5-4-7-16-14(13)12-6-8-15-9-12/h4-7,9,11H,8,10H2,1-3H3. The van der Waals surface area contributed by atoms with Crippen LogP contribution in [0, 0.1) is 0 Å². The Labute approximate surface area is 103 Å². The molecule has 1 aliphatic heterocycles. The summed E-state index contributed by atoms with van der Waals surface area (Å²) < 4.78 is 0. The van der Waals surface area contributed by atoms with Gasteiger partial charge < -0.3 is 0 Å². The summed E-state index contributed by atoms with van der Waals surface area (Å²) in [6, 6.07) is 4.68. The van der Waals surface area contributed by atoms with Crippen LogP contribution in [0.4, 0.5) is 0 Å². The van der Waals surface area contributed by atoms with Crippen molar-refractivity contribution in [3.63, 3.8) is 0 Å². The van der Waals surface area contributed by atoms with Gasteiger partial charge >= 0.3 is 0 Å². The fourth-order valence-electron chi connectivity index (χ4n) is 1.79. The molecule has 1 aliphatic rings. The van der Waals surface area contributed by atoms with Crippen LogP contribution in [-0.2, 0) is 6.54 Å². The Morgan fingerprint density at radius 3 is 2.88 bits per heavy atom. The van der Waals surface area contributed by atoms with Crippen LogP contribution < -0.4 is 0 Å². The van der Waals surface area contributed by atoms with E-state index in [1.807, 2.05) is 18.5 Å².